The van der Waals surface area contributed by atoms with E-state index in [1.165, 1.54) is 7.11 Å². The fourth-order valence-electron chi connectivity index (χ4n) is 2.13. The molecule has 0 N–H and O–H groups in total. The van der Waals surface area contributed by atoms with Gasteiger partial charge in [-0.05, 0) is 33.2 Å². The Labute approximate surface area is 102 Å². The van der Waals surface area contributed by atoms with Gasteiger partial charge in [-0.2, -0.15) is 0 Å². The maximum atomic E-state index is 11.6. The second kappa shape index (κ2) is 6.59. The van der Waals surface area contributed by atoms with Gasteiger partial charge in [0.2, 0.25) is 0 Å². The number of carbonyl (C=O) groups is 2. The van der Waals surface area contributed by atoms with E-state index in [1.54, 1.807) is 13.8 Å². The third kappa shape index (κ3) is 3.70. The van der Waals surface area contributed by atoms with E-state index in [2.05, 4.69) is 0 Å². The van der Waals surface area contributed by atoms with Crippen LogP contribution in [0.1, 0.15) is 26.7 Å². The van der Waals surface area contributed by atoms with Gasteiger partial charge < -0.3 is 9.47 Å². The van der Waals surface area contributed by atoms with Crippen LogP contribution in [0.15, 0.2) is 0 Å². The Kier molecular flexibility index (Phi) is 5.41. The molecule has 1 fully saturated rings. The fourth-order valence-corrected chi connectivity index (χ4v) is 2.13. The van der Waals surface area contributed by atoms with Crippen LogP contribution in [-0.2, 0) is 19.1 Å². The van der Waals surface area contributed by atoms with Crippen molar-refractivity contribution < 1.29 is 19.1 Å². The predicted molar refractivity (Wildman–Crippen MR) is 62.4 cm³/mol. The summed E-state index contributed by atoms with van der Waals surface area (Å²) in [5.74, 6) is -0.528. The van der Waals surface area contributed by atoms with Crippen molar-refractivity contribution in [3.05, 3.63) is 0 Å². The van der Waals surface area contributed by atoms with Gasteiger partial charge in [-0.1, -0.05) is 0 Å². The van der Waals surface area contributed by atoms with Gasteiger partial charge in [-0.15, -0.1) is 0 Å². The number of nitrogens with zero attached hydrogens (tertiary/aromatic N) is 1. The molecule has 0 radical (unpaired) electrons. The summed E-state index contributed by atoms with van der Waals surface area (Å²) in [6, 6.07) is -0.294. The molecule has 0 spiro atoms. The van der Waals surface area contributed by atoms with Crippen LogP contribution >= 0.6 is 0 Å². The zero-order chi connectivity index (χ0) is 12.8. The van der Waals surface area contributed by atoms with Crippen LogP contribution in [0.25, 0.3) is 0 Å². The van der Waals surface area contributed by atoms with E-state index in [-0.39, 0.29) is 23.9 Å². The Morgan fingerprint density at radius 1 is 1.47 bits per heavy atom. The minimum atomic E-state index is -0.294. The van der Waals surface area contributed by atoms with Crippen molar-refractivity contribution in [3.8, 4) is 0 Å². The van der Waals surface area contributed by atoms with E-state index in [1.807, 2.05) is 4.90 Å². The molecular weight excluding hydrogens is 222 g/mol. The smallest absolute Gasteiger partial charge is 0.322 e. The second-order valence-corrected chi connectivity index (χ2v) is 4.29. The molecule has 0 aliphatic carbocycles. The van der Waals surface area contributed by atoms with Gasteiger partial charge in [0.05, 0.1) is 19.6 Å². The lowest BCUT2D eigenvalue weighted by atomic mass is 9.97. The van der Waals surface area contributed by atoms with Crippen LogP contribution in [0.2, 0.25) is 0 Å². The number of carbonyl (C=O) groups excluding carboxylic acids is 2. The molecule has 0 amide bonds. The molecule has 98 valence electrons. The Balaban J connectivity index is 2.54. The molecule has 0 unspecified atom stereocenters. The molecule has 2 atom stereocenters. The van der Waals surface area contributed by atoms with Gasteiger partial charge in [0.25, 0.3) is 0 Å². The summed E-state index contributed by atoms with van der Waals surface area (Å²) in [5, 5.41) is 0. The maximum Gasteiger partial charge on any atom is 0.322 e. The van der Waals surface area contributed by atoms with E-state index in [9.17, 15) is 9.59 Å². The van der Waals surface area contributed by atoms with E-state index < -0.39 is 0 Å². The Hall–Kier alpha value is -1.10. The molecule has 5 heteroatoms. The summed E-state index contributed by atoms with van der Waals surface area (Å²) < 4.78 is 9.73. The quantitative estimate of drug-likeness (QED) is 0.684. The lowest BCUT2D eigenvalue weighted by molar-refractivity contribution is -0.154. The maximum absolute atomic E-state index is 11.6. The van der Waals surface area contributed by atoms with Crippen LogP contribution in [-0.4, -0.2) is 49.7 Å². The molecule has 0 aromatic rings. The van der Waals surface area contributed by atoms with Crippen molar-refractivity contribution in [1.82, 2.24) is 4.90 Å². The van der Waals surface area contributed by atoms with Crippen LogP contribution < -0.4 is 0 Å². The van der Waals surface area contributed by atoms with Crippen molar-refractivity contribution in [2.75, 3.05) is 26.8 Å². The number of hydrogen-bond acceptors (Lipinski definition) is 5. The highest BCUT2D eigenvalue weighted by Gasteiger charge is 2.31. The van der Waals surface area contributed by atoms with E-state index >= 15 is 0 Å². The lowest BCUT2D eigenvalue weighted by Crippen LogP contribution is -2.47. The van der Waals surface area contributed by atoms with Gasteiger partial charge in [0, 0.05) is 6.54 Å². The fraction of sp³-hybridized carbons (Fsp3) is 0.833. The summed E-state index contributed by atoms with van der Waals surface area (Å²) in [6.45, 7) is 5.41. The van der Waals surface area contributed by atoms with Crippen molar-refractivity contribution in [2.45, 2.75) is 32.7 Å². The van der Waals surface area contributed by atoms with Gasteiger partial charge in [0.1, 0.15) is 6.04 Å². The molecule has 1 heterocycles. The summed E-state index contributed by atoms with van der Waals surface area (Å²) in [5.41, 5.74) is 0. The largest absolute Gasteiger partial charge is 0.468 e. The van der Waals surface area contributed by atoms with Crippen LogP contribution in [0, 0.1) is 5.92 Å². The SMILES string of the molecule is CCOC(=O)[C@@H]1CCCN([C@@H](C)C(=O)OC)C1. The van der Waals surface area contributed by atoms with Gasteiger partial charge in [-0.3, -0.25) is 14.5 Å². The Bertz CT molecular complexity index is 280. The molecule has 0 aromatic heterocycles. The number of methoxy groups -OCH3 is 1. The standard InChI is InChI=1S/C12H21NO4/c1-4-17-12(15)10-6-5-7-13(8-10)9(2)11(14)16-3/h9-10H,4-8H2,1-3H3/t9-,10+/m0/s1. The highest BCUT2D eigenvalue weighted by molar-refractivity contribution is 5.76. The van der Waals surface area contributed by atoms with Crippen LogP contribution in [0.4, 0.5) is 0 Å². The average molecular weight is 243 g/mol. The van der Waals surface area contributed by atoms with Gasteiger partial charge >= 0.3 is 11.9 Å². The first kappa shape index (κ1) is 14.0. The van der Waals surface area contributed by atoms with E-state index in [0.29, 0.717) is 13.2 Å². The number of hydrogen-bond donors (Lipinski definition) is 0. The number of ether oxygens (including phenoxy) is 2. The summed E-state index contributed by atoms with van der Waals surface area (Å²) in [4.78, 5) is 25.1. The first-order chi connectivity index (χ1) is 8.10. The number of likely N-dealkylation sites (tertiary alicyclic amines) is 1. The van der Waals surface area contributed by atoms with E-state index in [0.717, 1.165) is 19.4 Å². The molecule has 1 saturated heterocycles. The molecule has 17 heavy (non-hydrogen) atoms. The zero-order valence-electron chi connectivity index (χ0n) is 10.8. The molecule has 5 nitrogen and oxygen atoms in total. The highest BCUT2D eigenvalue weighted by atomic mass is 16.5. The van der Waals surface area contributed by atoms with Crippen LogP contribution in [0.3, 0.4) is 0 Å². The normalized spacial score (nSPS) is 22.9. The summed E-state index contributed by atoms with van der Waals surface area (Å²) in [7, 11) is 1.38. The third-order valence-electron chi connectivity index (χ3n) is 3.16. The molecule has 0 saturated carbocycles. The van der Waals surface area contributed by atoms with E-state index in [4.69, 9.17) is 9.47 Å². The Morgan fingerprint density at radius 2 is 2.18 bits per heavy atom. The van der Waals surface area contributed by atoms with Gasteiger partial charge in [-0.25, -0.2) is 0 Å². The number of piperidine rings is 1. The van der Waals surface area contributed by atoms with Crippen molar-refractivity contribution >= 4 is 11.9 Å². The molecule has 1 rings (SSSR count). The molecular formula is C12H21NO4. The first-order valence-corrected chi connectivity index (χ1v) is 6.08. The van der Waals surface area contributed by atoms with Crippen molar-refractivity contribution in [2.24, 2.45) is 5.92 Å². The number of rotatable bonds is 4. The predicted octanol–water partition coefficient (Wildman–Crippen LogP) is 0.823. The minimum Gasteiger partial charge on any atom is -0.468 e. The van der Waals surface area contributed by atoms with Gasteiger partial charge in [0.15, 0.2) is 0 Å². The topological polar surface area (TPSA) is 55.8 Å². The molecule has 1 aliphatic heterocycles. The van der Waals surface area contributed by atoms with Crippen molar-refractivity contribution in [3.63, 3.8) is 0 Å². The summed E-state index contributed by atoms with van der Waals surface area (Å²) >= 11 is 0. The third-order valence-corrected chi connectivity index (χ3v) is 3.16. The minimum absolute atomic E-state index is 0.115. The monoisotopic (exact) mass is 243 g/mol. The summed E-state index contributed by atoms with van der Waals surface area (Å²) in [6.07, 6.45) is 1.74. The zero-order valence-corrected chi connectivity index (χ0v) is 10.8. The lowest BCUT2D eigenvalue weighted by Gasteiger charge is -2.34. The average Bonchev–Trinajstić information content (AvgIpc) is 2.37. The molecule has 0 aromatic carbocycles. The second-order valence-electron chi connectivity index (χ2n) is 4.29. The Morgan fingerprint density at radius 3 is 2.76 bits per heavy atom. The highest BCUT2D eigenvalue weighted by Crippen LogP contribution is 2.20. The molecule has 1 aliphatic rings. The first-order valence-electron chi connectivity index (χ1n) is 6.08. The molecule has 0 bridgehead atoms. The number of esters is 2. The van der Waals surface area contributed by atoms with Crippen molar-refractivity contribution in [1.29, 1.82) is 0 Å². The van der Waals surface area contributed by atoms with Crippen LogP contribution in [0.5, 0.6) is 0 Å².